The molecule has 0 saturated carbocycles. The molecule has 0 aliphatic carbocycles. The lowest BCUT2D eigenvalue weighted by molar-refractivity contribution is 1.07. The summed E-state index contributed by atoms with van der Waals surface area (Å²) < 4.78 is 1.30. The number of thiophene rings is 1. The third-order valence-corrected chi connectivity index (χ3v) is 4.38. The molecule has 2 N–H and O–H groups in total. The van der Waals surface area contributed by atoms with Crippen molar-refractivity contribution in [2.75, 3.05) is 0 Å². The maximum absolute atomic E-state index is 6.23. The Bertz CT molecular complexity index is 703. The fourth-order valence-electron chi connectivity index (χ4n) is 2.10. The van der Waals surface area contributed by atoms with Crippen LogP contribution in [0.4, 0.5) is 0 Å². The molecular formula is C15H12ClNS. The van der Waals surface area contributed by atoms with E-state index in [0.29, 0.717) is 6.54 Å². The smallest absolute Gasteiger partial charge is 0.0457 e. The highest BCUT2D eigenvalue weighted by Gasteiger charge is 2.07. The van der Waals surface area contributed by atoms with Gasteiger partial charge < -0.3 is 5.73 Å². The molecule has 18 heavy (non-hydrogen) atoms. The summed E-state index contributed by atoms with van der Waals surface area (Å²) in [5.74, 6) is 0. The first-order chi connectivity index (χ1) is 8.79. The Balaban J connectivity index is 2.20. The van der Waals surface area contributed by atoms with Gasteiger partial charge in [0, 0.05) is 16.3 Å². The van der Waals surface area contributed by atoms with Crippen molar-refractivity contribution in [1.82, 2.24) is 0 Å². The largest absolute Gasteiger partial charge is 0.326 e. The van der Waals surface area contributed by atoms with Crippen molar-refractivity contribution < 1.29 is 0 Å². The van der Waals surface area contributed by atoms with Gasteiger partial charge in [0.1, 0.15) is 0 Å². The van der Waals surface area contributed by atoms with E-state index in [2.05, 4.69) is 35.7 Å². The molecule has 90 valence electrons. The monoisotopic (exact) mass is 273 g/mol. The van der Waals surface area contributed by atoms with Gasteiger partial charge in [-0.15, -0.1) is 11.3 Å². The van der Waals surface area contributed by atoms with Gasteiger partial charge in [-0.3, -0.25) is 0 Å². The van der Waals surface area contributed by atoms with Gasteiger partial charge in [0.15, 0.2) is 0 Å². The van der Waals surface area contributed by atoms with Crippen molar-refractivity contribution in [2.45, 2.75) is 6.54 Å². The lowest BCUT2D eigenvalue weighted by atomic mass is 10.0. The highest BCUT2D eigenvalue weighted by Crippen LogP contribution is 2.34. The SMILES string of the molecule is NCc1ccc(-c2cccc3ccsc23)cc1Cl. The molecule has 2 aromatic carbocycles. The lowest BCUT2D eigenvalue weighted by Crippen LogP contribution is -1.96. The van der Waals surface area contributed by atoms with Crippen LogP contribution in [0.25, 0.3) is 21.2 Å². The molecule has 0 fully saturated rings. The zero-order chi connectivity index (χ0) is 12.5. The van der Waals surface area contributed by atoms with Gasteiger partial charge in [-0.1, -0.05) is 41.9 Å². The van der Waals surface area contributed by atoms with E-state index in [-0.39, 0.29) is 0 Å². The number of fused-ring (bicyclic) bond motifs is 1. The molecule has 3 heteroatoms. The second kappa shape index (κ2) is 4.73. The number of benzene rings is 2. The third kappa shape index (κ3) is 1.93. The zero-order valence-electron chi connectivity index (χ0n) is 9.69. The average molecular weight is 274 g/mol. The minimum Gasteiger partial charge on any atom is -0.326 e. The summed E-state index contributed by atoms with van der Waals surface area (Å²) >= 11 is 7.98. The first-order valence-corrected chi connectivity index (χ1v) is 7.00. The summed E-state index contributed by atoms with van der Waals surface area (Å²) in [6.45, 7) is 0.475. The van der Waals surface area contributed by atoms with E-state index in [0.717, 1.165) is 16.1 Å². The maximum Gasteiger partial charge on any atom is 0.0457 e. The number of nitrogens with two attached hydrogens (primary N) is 1. The van der Waals surface area contributed by atoms with Crippen LogP contribution in [0, 0.1) is 0 Å². The van der Waals surface area contributed by atoms with Crippen LogP contribution in [0.15, 0.2) is 47.8 Å². The van der Waals surface area contributed by atoms with Crippen molar-refractivity contribution in [3.05, 3.63) is 58.4 Å². The minimum atomic E-state index is 0.475. The fourth-order valence-corrected chi connectivity index (χ4v) is 3.29. The van der Waals surface area contributed by atoms with Gasteiger partial charge >= 0.3 is 0 Å². The first-order valence-electron chi connectivity index (χ1n) is 5.74. The Labute approximate surface area is 115 Å². The molecule has 0 unspecified atom stereocenters. The Kier molecular flexibility index (Phi) is 3.08. The molecule has 3 rings (SSSR count). The molecule has 0 atom stereocenters. The Morgan fingerprint density at radius 3 is 2.78 bits per heavy atom. The van der Waals surface area contributed by atoms with Gasteiger partial charge in [0.05, 0.1) is 0 Å². The van der Waals surface area contributed by atoms with E-state index in [1.807, 2.05) is 12.1 Å². The normalized spacial score (nSPS) is 11.0. The minimum absolute atomic E-state index is 0.475. The molecule has 0 aliphatic rings. The van der Waals surface area contributed by atoms with Gasteiger partial charge in [-0.25, -0.2) is 0 Å². The van der Waals surface area contributed by atoms with E-state index in [9.17, 15) is 0 Å². The highest BCUT2D eigenvalue weighted by molar-refractivity contribution is 7.17. The molecule has 0 amide bonds. The van der Waals surface area contributed by atoms with E-state index in [1.165, 1.54) is 15.6 Å². The van der Waals surface area contributed by atoms with Crippen LogP contribution in [0.3, 0.4) is 0 Å². The Morgan fingerprint density at radius 1 is 1.11 bits per heavy atom. The van der Waals surface area contributed by atoms with Gasteiger partial charge in [0.25, 0.3) is 0 Å². The van der Waals surface area contributed by atoms with E-state index in [4.69, 9.17) is 17.3 Å². The number of hydrogen-bond donors (Lipinski definition) is 1. The topological polar surface area (TPSA) is 26.0 Å². The third-order valence-electron chi connectivity index (χ3n) is 3.06. The Hall–Kier alpha value is -1.35. The number of rotatable bonds is 2. The van der Waals surface area contributed by atoms with Crippen LogP contribution in [0.1, 0.15) is 5.56 Å². The summed E-state index contributed by atoms with van der Waals surface area (Å²) in [5.41, 5.74) is 8.99. The van der Waals surface area contributed by atoms with Crippen LogP contribution in [-0.2, 0) is 6.54 Å². The summed E-state index contributed by atoms with van der Waals surface area (Å²) in [6.07, 6.45) is 0. The summed E-state index contributed by atoms with van der Waals surface area (Å²) in [7, 11) is 0. The molecular weight excluding hydrogens is 262 g/mol. The van der Waals surface area contributed by atoms with Crippen molar-refractivity contribution in [2.24, 2.45) is 5.73 Å². The van der Waals surface area contributed by atoms with E-state index < -0.39 is 0 Å². The van der Waals surface area contributed by atoms with Crippen molar-refractivity contribution in [1.29, 1.82) is 0 Å². The van der Waals surface area contributed by atoms with Gasteiger partial charge in [-0.2, -0.15) is 0 Å². The predicted molar refractivity (Wildman–Crippen MR) is 80.2 cm³/mol. The van der Waals surface area contributed by atoms with E-state index in [1.54, 1.807) is 11.3 Å². The van der Waals surface area contributed by atoms with Crippen LogP contribution in [0.2, 0.25) is 5.02 Å². The molecule has 0 radical (unpaired) electrons. The number of halogens is 1. The second-order valence-electron chi connectivity index (χ2n) is 4.15. The standard InChI is InChI=1S/C15H12ClNS/c16-14-8-11(4-5-12(14)9-17)13-3-1-2-10-6-7-18-15(10)13/h1-8H,9,17H2. The highest BCUT2D eigenvalue weighted by atomic mass is 35.5. The molecule has 0 saturated heterocycles. The van der Waals surface area contributed by atoms with Crippen molar-refractivity contribution in [3.63, 3.8) is 0 Å². The van der Waals surface area contributed by atoms with Crippen LogP contribution in [0.5, 0.6) is 0 Å². The quantitative estimate of drug-likeness (QED) is 0.721. The predicted octanol–water partition coefficient (Wildman–Crippen LogP) is 4.68. The number of hydrogen-bond acceptors (Lipinski definition) is 2. The van der Waals surface area contributed by atoms with Crippen LogP contribution >= 0.6 is 22.9 Å². The van der Waals surface area contributed by atoms with Crippen LogP contribution < -0.4 is 5.73 Å². The summed E-state index contributed by atoms with van der Waals surface area (Å²) in [5, 5.41) is 4.13. The molecule has 0 aliphatic heterocycles. The summed E-state index contributed by atoms with van der Waals surface area (Å²) in [6, 6.07) is 14.6. The Morgan fingerprint density at radius 2 is 2.00 bits per heavy atom. The fraction of sp³-hybridized carbons (Fsp3) is 0.0667. The van der Waals surface area contributed by atoms with Gasteiger partial charge in [0.2, 0.25) is 0 Å². The zero-order valence-corrected chi connectivity index (χ0v) is 11.3. The van der Waals surface area contributed by atoms with Gasteiger partial charge in [-0.05, 0) is 39.6 Å². The second-order valence-corrected chi connectivity index (χ2v) is 5.48. The first kappa shape index (κ1) is 11.7. The lowest BCUT2D eigenvalue weighted by Gasteiger charge is -2.07. The average Bonchev–Trinajstić information content (AvgIpc) is 2.86. The summed E-state index contributed by atoms with van der Waals surface area (Å²) in [4.78, 5) is 0. The maximum atomic E-state index is 6.23. The molecule has 0 bridgehead atoms. The van der Waals surface area contributed by atoms with Crippen molar-refractivity contribution >= 4 is 33.0 Å². The molecule has 1 heterocycles. The molecule has 1 nitrogen and oxygen atoms in total. The molecule has 3 aromatic rings. The molecule has 1 aromatic heterocycles. The van der Waals surface area contributed by atoms with E-state index >= 15 is 0 Å². The van der Waals surface area contributed by atoms with Crippen LogP contribution in [-0.4, -0.2) is 0 Å². The van der Waals surface area contributed by atoms with Crippen molar-refractivity contribution in [3.8, 4) is 11.1 Å². The molecule has 0 spiro atoms.